The van der Waals surface area contributed by atoms with E-state index in [4.69, 9.17) is 9.15 Å². The van der Waals surface area contributed by atoms with Gasteiger partial charge >= 0.3 is 0 Å². The van der Waals surface area contributed by atoms with Crippen molar-refractivity contribution in [1.29, 1.82) is 0 Å². The summed E-state index contributed by atoms with van der Waals surface area (Å²) in [5.41, 5.74) is 2.02. The van der Waals surface area contributed by atoms with Crippen LogP contribution in [-0.2, 0) is 6.54 Å². The maximum Gasteiger partial charge on any atom is 0.287 e. The lowest BCUT2D eigenvalue weighted by Crippen LogP contribution is -2.38. The van der Waals surface area contributed by atoms with Crippen LogP contribution < -0.4 is 15.4 Å². The quantitative estimate of drug-likeness (QED) is 0.364. The van der Waals surface area contributed by atoms with Crippen LogP contribution in [0.2, 0.25) is 0 Å². The van der Waals surface area contributed by atoms with E-state index in [1.165, 1.54) is 11.8 Å². The van der Waals surface area contributed by atoms with Gasteiger partial charge in [0.2, 0.25) is 0 Å². The summed E-state index contributed by atoms with van der Waals surface area (Å²) < 4.78 is 10.7. The fraction of sp³-hybridized carbons (Fsp3) is 0.455. The number of aliphatic imine (C=N–C) groups is 1. The number of rotatable bonds is 10. The second kappa shape index (κ2) is 11.8. The van der Waals surface area contributed by atoms with E-state index in [9.17, 15) is 4.79 Å². The average molecular weight is 401 g/mol. The lowest BCUT2D eigenvalue weighted by molar-refractivity contribution is 0.0925. The molecule has 0 saturated heterocycles. The molecule has 1 heterocycles. The van der Waals surface area contributed by atoms with Crippen molar-refractivity contribution in [3.63, 3.8) is 0 Å². The van der Waals surface area contributed by atoms with Gasteiger partial charge < -0.3 is 24.7 Å². The molecule has 158 valence electrons. The highest BCUT2D eigenvalue weighted by Gasteiger charge is 2.11. The van der Waals surface area contributed by atoms with Crippen LogP contribution in [-0.4, -0.2) is 50.1 Å². The maximum atomic E-state index is 12.0. The van der Waals surface area contributed by atoms with Crippen molar-refractivity contribution in [3.05, 3.63) is 53.5 Å². The van der Waals surface area contributed by atoms with Crippen molar-refractivity contribution in [1.82, 2.24) is 15.5 Å². The van der Waals surface area contributed by atoms with Crippen molar-refractivity contribution in [2.45, 2.75) is 33.7 Å². The third-order valence-corrected chi connectivity index (χ3v) is 4.30. The number of guanidine groups is 1. The van der Waals surface area contributed by atoms with E-state index in [1.54, 1.807) is 6.07 Å². The minimum Gasteiger partial charge on any atom is -0.494 e. The molecule has 1 amide bonds. The minimum absolute atomic E-state index is 0.184. The van der Waals surface area contributed by atoms with E-state index >= 15 is 0 Å². The van der Waals surface area contributed by atoms with Gasteiger partial charge in [0.15, 0.2) is 11.7 Å². The van der Waals surface area contributed by atoms with Crippen molar-refractivity contribution in [3.8, 4) is 5.75 Å². The number of aryl methyl sites for hydroxylation is 1. The zero-order chi connectivity index (χ0) is 21.1. The zero-order valence-corrected chi connectivity index (χ0v) is 17.8. The van der Waals surface area contributed by atoms with Crippen molar-refractivity contribution in [2.75, 3.05) is 33.3 Å². The topological polar surface area (TPSA) is 79.1 Å². The van der Waals surface area contributed by atoms with Gasteiger partial charge in [0.1, 0.15) is 5.75 Å². The van der Waals surface area contributed by atoms with Crippen molar-refractivity contribution in [2.24, 2.45) is 4.99 Å². The van der Waals surface area contributed by atoms with Crippen LogP contribution in [0, 0.1) is 6.92 Å². The lowest BCUT2D eigenvalue weighted by Gasteiger charge is -2.22. The molecule has 2 N–H and O–H groups in total. The van der Waals surface area contributed by atoms with Crippen LogP contribution in [0.4, 0.5) is 0 Å². The summed E-state index contributed by atoms with van der Waals surface area (Å²) in [6, 6.07) is 9.89. The molecule has 0 radical (unpaired) electrons. The van der Waals surface area contributed by atoms with Crippen molar-refractivity contribution >= 4 is 11.9 Å². The third kappa shape index (κ3) is 7.18. The summed E-state index contributed by atoms with van der Waals surface area (Å²) in [7, 11) is 2.01. The van der Waals surface area contributed by atoms with Gasteiger partial charge in [-0.2, -0.15) is 0 Å². The van der Waals surface area contributed by atoms with E-state index in [-0.39, 0.29) is 5.91 Å². The number of carbonyl (C=O) groups excluding carboxylic acids is 1. The first-order valence-electron chi connectivity index (χ1n) is 10.1. The number of benzene rings is 1. The van der Waals surface area contributed by atoms with Gasteiger partial charge in [0, 0.05) is 38.8 Å². The van der Waals surface area contributed by atoms with Crippen LogP contribution in [0.1, 0.15) is 41.9 Å². The fourth-order valence-electron chi connectivity index (χ4n) is 2.83. The first-order chi connectivity index (χ1) is 14.0. The van der Waals surface area contributed by atoms with Crippen LogP contribution >= 0.6 is 0 Å². The van der Waals surface area contributed by atoms with Crippen LogP contribution in [0.25, 0.3) is 0 Å². The summed E-state index contributed by atoms with van der Waals surface area (Å²) in [6.07, 6.45) is 2.27. The first-order valence-corrected chi connectivity index (χ1v) is 10.1. The molecule has 0 aliphatic heterocycles. The fourth-order valence-corrected chi connectivity index (χ4v) is 2.83. The van der Waals surface area contributed by atoms with Gasteiger partial charge in [0.25, 0.3) is 5.91 Å². The molecule has 2 aromatic rings. The Morgan fingerprint density at radius 1 is 1.17 bits per heavy atom. The summed E-state index contributed by atoms with van der Waals surface area (Å²) >= 11 is 0. The zero-order valence-electron chi connectivity index (χ0n) is 17.8. The molecule has 0 atom stereocenters. The van der Waals surface area contributed by atoms with E-state index in [1.807, 2.05) is 40.0 Å². The SMILES string of the molecule is CCNC(=NCCCNC(=O)c1occc1C)N(C)Cc1ccc(OCC)cc1. The number of hydrogen-bond donors (Lipinski definition) is 2. The Labute approximate surface area is 173 Å². The summed E-state index contributed by atoms with van der Waals surface area (Å²) in [5, 5.41) is 6.18. The number of amides is 1. The Balaban J connectivity index is 1.81. The molecule has 29 heavy (non-hydrogen) atoms. The van der Waals surface area contributed by atoms with E-state index in [0.717, 1.165) is 36.8 Å². The molecule has 7 heteroatoms. The monoisotopic (exact) mass is 400 g/mol. The smallest absolute Gasteiger partial charge is 0.287 e. The van der Waals surface area contributed by atoms with Gasteiger partial charge in [-0.1, -0.05) is 12.1 Å². The molecule has 0 aliphatic carbocycles. The number of nitrogens with zero attached hydrogens (tertiary/aromatic N) is 2. The Kier molecular flexibility index (Phi) is 9.08. The summed E-state index contributed by atoms with van der Waals surface area (Å²) in [5.74, 6) is 1.91. The predicted molar refractivity (Wildman–Crippen MR) is 115 cm³/mol. The number of hydrogen-bond acceptors (Lipinski definition) is 4. The number of furan rings is 1. The molecule has 1 aromatic carbocycles. The van der Waals surface area contributed by atoms with Gasteiger partial charge in [-0.3, -0.25) is 9.79 Å². The van der Waals surface area contributed by atoms with Gasteiger partial charge in [0.05, 0.1) is 12.9 Å². The Bertz CT molecular complexity index is 784. The highest BCUT2D eigenvalue weighted by atomic mass is 16.5. The Morgan fingerprint density at radius 2 is 1.93 bits per heavy atom. The molecule has 0 spiro atoms. The van der Waals surface area contributed by atoms with Crippen molar-refractivity contribution < 1.29 is 13.9 Å². The maximum absolute atomic E-state index is 12.0. The van der Waals surface area contributed by atoms with Gasteiger partial charge in [-0.05, 0) is 51.0 Å². The Hall–Kier alpha value is -2.96. The molecule has 0 aliphatic rings. The van der Waals surface area contributed by atoms with E-state index < -0.39 is 0 Å². The van der Waals surface area contributed by atoms with Crippen LogP contribution in [0.15, 0.2) is 46.0 Å². The largest absolute Gasteiger partial charge is 0.494 e. The second-order valence-electron chi connectivity index (χ2n) is 6.71. The van der Waals surface area contributed by atoms with E-state index in [2.05, 4.69) is 32.7 Å². The number of ether oxygens (including phenoxy) is 1. The molecule has 7 nitrogen and oxygen atoms in total. The molecule has 0 saturated carbocycles. The summed E-state index contributed by atoms with van der Waals surface area (Å²) in [6.45, 7) is 9.24. The lowest BCUT2D eigenvalue weighted by atomic mass is 10.2. The molecule has 0 bridgehead atoms. The van der Waals surface area contributed by atoms with Crippen LogP contribution in [0.3, 0.4) is 0 Å². The molecule has 0 fully saturated rings. The van der Waals surface area contributed by atoms with Crippen LogP contribution in [0.5, 0.6) is 5.75 Å². The van der Waals surface area contributed by atoms with Gasteiger partial charge in [-0.15, -0.1) is 0 Å². The highest BCUT2D eigenvalue weighted by molar-refractivity contribution is 5.92. The number of carbonyl (C=O) groups is 1. The Morgan fingerprint density at radius 3 is 2.55 bits per heavy atom. The molecule has 1 aromatic heterocycles. The predicted octanol–water partition coefficient (Wildman–Crippen LogP) is 3.20. The normalized spacial score (nSPS) is 11.2. The number of nitrogens with one attached hydrogen (secondary N) is 2. The molecule has 2 rings (SSSR count). The molecular formula is C22H32N4O3. The summed E-state index contributed by atoms with van der Waals surface area (Å²) in [4.78, 5) is 18.8. The molecule has 0 unspecified atom stereocenters. The second-order valence-corrected chi connectivity index (χ2v) is 6.71. The highest BCUT2D eigenvalue weighted by Crippen LogP contribution is 2.13. The van der Waals surface area contributed by atoms with E-state index in [0.29, 0.717) is 25.5 Å². The third-order valence-electron chi connectivity index (χ3n) is 4.30. The standard InChI is InChI=1S/C22H32N4O3/c1-5-23-22(26(4)16-18-8-10-19(11-9-18)28-6-2)25-14-7-13-24-21(27)20-17(3)12-15-29-20/h8-12,15H,5-7,13-14,16H2,1-4H3,(H,23,25)(H,24,27). The average Bonchev–Trinajstić information content (AvgIpc) is 3.14. The molecular weight excluding hydrogens is 368 g/mol. The van der Waals surface area contributed by atoms with Gasteiger partial charge in [-0.25, -0.2) is 0 Å². The first kappa shape index (κ1) is 22.3. The minimum atomic E-state index is -0.184.